The van der Waals surface area contributed by atoms with Gasteiger partial charge in [-0.3, -0.25) is 14.0 Å². The van der Waals surface area contributed by atoms with Crippen LogP contribution in [0.15, 0.2) is 66.7 Å². The van der Waals surface area contributed by atoms with Crippen LogP contribution in [0.1, 0.15) is 34.3 Å². The maximum atomic E-state index is 13.9. The minimum atomic E-state index is -4.72. The molecule has 0 radical (unpaired) electrons. The van der Waals surface area contributed by atoms with Crippen molar-refractivity contribution in [2.24, 2.45) is 0 Å². The average Bonchev–Trinajstić information content (AvgIpc) is 3.59. The van der Waals surface area contributed by atoms with E-state index in [1.165, 1.54) is 6.07 Å². The van der Waals surface area contributed by atoms with Gasteiger partial charge in [-0.1, -0.05) is 41.4 Å². The Labute approximate surface area is 249 Å². The summed E-state index contributed by atoms with van der Waals surface area (Å²) in [5.41, 5.74) is 0.568. The van der Waals surface area contributed by atoms with Crippen LogP contribution in [0.25, 0.3) is 0 Å². The summed E-state index contributed by atoms with van der Waals surface area (Å²) in [4.78, 5) is 16.6. The van der Waals surface area contributed by atoms with Gasteiger partial charge in [0.05, 0.1) is 15.6 Å². The van der Waals surface area contributed by atoms with E-state index in [-0.39, 0.29) is 18.5 Å². The minimum Gasteiger partial charge on any atom is -0.337 e. The molecule has 3 aromatic carbocycles. The number of anilines is 1. The quantitative estimate of drug-likeness (QED) is 0.284. The highest BCUT2D eigenvalue weighted by Gasteiger charge is 2.34. The molecule has 0 bridgehead atoms. The van der Waals surface area contributed by atoms with Crippen molar-refractivity contribution in [3.05, 3.63) is 99.3 Å². The molecule has 12 heteroatoms. The molecule has 5 nitrogen and oxygen atoms in total. The molecular weight excluding hydrogens is 601 g/mol. The third-order valence-corrected chi connectivity index (χ3v) is 9.28. The maximum Gasteiger partial charge on any atom is 0.419 e. The molecule has 2 atom stereocenters. The van der Waals surface area contributed by atoms with E-state index in [9.17, 15) is 26.6 Å². The zero-order valence-corrected chi connectivity index (χ0v) is 24.5. The first-order valence-corrected chi connectivity index (χ1v) is 15.0. The number of carbonyl (C=O) groups excluding carboxylic acids is 1. The fourth-order valence-corrected chi connectivity index (χ4v) is 6.33. The van der Waals surface area contributed by atoms with Crippen molar-refractivity contribution in [2.45, 2.75) is 31.6 Å². The van der Waals surface area contributed by atoms with Crippen molar-refractivity contribution in [1.29, 1.82) is 0 Å². The summed E-state index contributed by atoms with van der Waals surface area (Å²) >= 11 is 11.2. The summed E-state index contributed by atoms with van der Waals surface area (Å²) in [6, 6.07) is 17.3. The van der Waals surface area contributed by atoms with Gasteiger partial charge in [-0.2, -0.15) is 13.2 Å². The molecule has 0 aliphatic carbocycles. The molecule has 0 N–H and O–H groups in total. The first-order chi connectivity index (χ1) is 19.4. The summed E-state index contributed by atoms with van der Waals surface area (Å²) in [6.45, 7) is 2.07. The van der Waals surface area contributed by atoms with Crippen LogP contribution in [-0.2, 0) is 23.7 Å². The number of likely N-dealkylation sites (tertiary alicyclic amines) is 1. The Morgan fingerprint density at radius 1 is 1.02 bits per heavy atom. The average molecular weight is 631 g/mol. The van der Waals surface area contributed by atoms with E-state index in [0.717, 1.165) is 37.2 Å². The van der Waals surface area contributed by atoms with Gasteiger partial charge in [-0.25, -0.2) is 8.60 Å². The molecule has 0 spiro atoms. The van der Waals surface area contributed by atoms with E-state index in [4.69, 9.17) is 23.2 Å². The number of amides is 1. The summed E-state index contributed by atoms with van der Waals surface area (Å²) in [6.07, 6.45) is -3.12. The highest BCUT2D eigenvalue weighted by molar-refractivity contribution is 7.86. The molecule has 2 unspecified atom stereocenters. The monoisotopic (exact) mass is 629 g/mol. The van der Waals surface area contributed by atoms with Crippen LogP contribution in [0, 0.1) is 5.82 Å². The van der Waals surface area contributed by atoms with Gasteiger partial charge >= 0.3 is 6.18 Å². The fraction of sp³-hybridized carbons (Fsp3) is 0.345. The van der Waals surface area contributed by atoms with Crippen LogP contribution in [0.4, 0.5) is 23.2 Å². The Kier molecular flexibility index (Phi) is 10.3. The number of likely N-dealkylation sites (N-methyl/N-ethyl adjacent to an activating group) is 1. The molecule has 2 aliphatic rings. The molecule has 0 aromatic heterocycles. The van der Waals surface area contributed by atoms with E-state index in [2.05, 4.69) is 0 Å². The lowest BCUT2D eigenvalue weighted by molar-refractivity contribution is -0.140. The third kappa shape index (κ3) is 8.00. The lowest BCUT2D eigenvalue weighted by atomic mass is 10.1. The van der Waals surface area contributed by atoms with E-state index in [0.29, 0.717) is 40.0 Å². The number of hydrogen-bond donors (Lipinski definition) is 0. The number of carbonyl (C=O) groups is 1. The fourth-order valence-electron chi connectivity index (χ4n) is 4.77. The molecule has 0 saturated carbocycles. The van der Waals surface area contributed by atoms with Crippen LogP contribution in [0.5, 0.6) is 0 Å². The highest BCUT2D eigenvalue weighted by Crippen LogP contribution is 2.32. The predicted molar refractivity (Wildman–Crippen MR) is 155 cm³/mol. The molecule has 1 amide bonds. The van der Waals surface area contributed by atoms with E-state index < -0.39 is 28.5 Å². The van der Waals surface area contributed by atoms with E-state index in [1.54, 1.807) is 29.2 Å². The van der Waals surface area contributed by atoms with Crippen molar-refractivity contribution >= 4 is 45.8 Å². The third-order valence-electron chi connectivity index (χ3n) is 7.00. The smallest absolute Gasteiger partial charge is 0.337 e. The Balaban J connectivity index is 0.000000417. The number of nitrogens with zero attached hydrogens (tertiary/aromatic N) is 3. The largest absolute Gasteiger partial charge is 0.419 e. The standard InChI is InChI=1S/C23H25F4N3O2S.C6H4Cl2/c1-28(14-16-3-8-20(21(24)13-16)23(25,26)27)19-9-11-29(15-19)22(31)17-4-6-18(7-5-17)30-10-2-12-33(30)32;7-5-3-1-2-4-6(5)8/h3-8,13,19H,2,9-12,14-15H2,1H3;1-4H. The van der Waals surface area contributed by atoms with Crippen molar-refractivity contribution in [3.63, 3.8) is 0 Å². The molecule has 3 aromatic rings. The Hall–Kier alpha value is -2.66. The van der Waals surface area contributed by atoms with E-state index in [1.807, 2.05) is 40.5 Å². The van der Waals surface area contributed by atoms with Crippen LogP contribution in [0.3, 0.4) is 0 Å². The summed E-state index contributed by atoms with van der Waals surface area (Å²) in [7, 11) is 0.807. The first-order valence-electron chi connectivity index (χ1n) is 13.0. The SMILES string of the molecule is CN(Cc1ccc(C(F)(F)F)c(F)c1)C1CCN(C(=O)c2ccc(N3CCCS3=O)cc2)C1.Clc1ccccc1Cl. The zero-order chi connectivity index (χ0) is 29.7. The van der Waals surface area contributed by atoms with Gasteiger partial charge in [0, 0.05) is 49.2 Å². The van der Waals surface area contributed by atoms with Gasteiger partial charge in [-0.05, 0) is 74.0 Å². The molecule has 2 fully saturated rings. The molecule has 2 saturated heterocycles. The molecule has 5 rings (SSSR count). The maximum absolute atomic E-state index is 13.9. The second-order valence-corrected chi connectivity index (χ2v) is 12.2. The van der Waals surface area contributed by atoms with Crippen molar-refractivity contribution < 1.29 is 26.6 Å². The Bertz CT molecular complexity index is 1370. The molecule has 2 heterocycles. The van der Waals surface area contributed by atoms with Gasteiger partial charge in [0.1, 0.15) is 16.8 Å². The van der Waals surface area contributed by atoms with Crippen LogP contribution in [-0.4, -0.2) is 58.4 Å². The Morgan fingerprint density at radius 2 is 1.68 bits per heavy atom. The summed E-state index contributed by atoms with van der Waals surface area (Å²) in [5.74, 6) is -0.721. The number of alkyl halides is 3. The van der Waals surface area contributed by atoms with Crippen LogP contribution < -0.4 is 4.31 Å². The number of halogens is 6. The van der Waals surface area contributed by atoms with Gasteiger partial charge < -0.3 is 4.90 Å². The normalized spacial score (nSPS) is 18.9. The van der Waals surface area contributed by atoms with E-state index >= 15 is 0 Å². The lowest BCUT2D eigenvalue weighted by Gasteiger charge is -2.25. The van der Waals surface area contributed by atoms with Crippen LogP contribution >= 0.6 is 23.2 Å². The molecule has 41 heavy (non-hydrogen) atoms. The molecule has 2 aliphatic heterocycles. The van der Waals surface area contributed by atoms with Gasteiger partial charge in [-0.15, -0.1) is 0 Å². The Morgan fingerprint density at radius 3 is 2.22 bits per heavy atom. The van der Waals surface area contributed by atoms with Gasteiger partial charge in [0.25, 0.3) is 5.91 Å². The van der Waals surface area contributed by atoms with Crippen molar-refractivity contribution in [3.8, 4) is 0 Å². The topological polar surface area (TPSA) is 43.9 Å². The molecule has 220 valence electrons. The number of hydrogen-bond acceptors (Lipinski definition) is 3. The van der Waals surface area contributed by atoms with Gasteiger partial charge in [0.2, 0.25) is 0 Å². The zero-order valence-electron chi connectivity index (χ0n) is 22.2. The highest BCUT2D eigenvalue weighted by atomic mass is 35.5. The van der Waals surface area contributed by atoms with Crippen molar-refractivity contribution in [2.75, 3.05) is 36.7 Å². The predicted octanol–water partition coefficient (Wildman–Crippen LogP) is 7.06. The second-order valence-electron chi connectivity index (χ2n) is 9.86. The summed E-state index contributed by atoms with van der Waals surface area (Å²) in [5, 5.41) is 1.21. The lowest BCUT2D eigenvalue weighted by Crippen LogP contribution is -2.36. The second kappa shape index (κ2) is 13.5. The van der Waals surface area contributed by atoms with Gasteiger partial charge in [0.15, 0.2) is 0 Å². The van der Waals surface area contributed by atoms with Crippen LogP contribution in [0.2, 0.25) is 10.0 Å². The first kappa shape index (κ1) is 31.3. The number of rotatable bonds is 5. The minimum absolute atomic E-state index is 0.0191. The molecular formula is C29H29Cl2F4N3O2S. The number of benzene rings is 3. The van der Waals surface area contributed by atoms with Crippen molar-refractivity contribution in [1.82, 2.24) is 9.80 Å². The summed E-state index contributed by atoms with van der Waals surface area (Å²) < 4.78 is 66.0.